The quantitative estimate of drug-likeness (QED) is 0.548. The zero-order chi connectivity index (χ0) is 19.4. The minimum absolute atomic E-state index is 0.0257. The van der Waals surface area contributed by atoms with E-state index in [-0.39, 0.29) is 23.6 Å². The molecule has 0 aliphatic rings. The number of carbonyl (C=O) groups excluding carboxylic acids is 1. The van der Waals surface area contributed by atoms with Crippen molar-refractivity contribution in [2.45, 2.75) is 6.61 Å². The third-order valence-corrected chi connectivity index (χ3v) is 3.89. The van der Waals surface area contributed by atoms with Crippen LogP contribution in [0.15, 0.2) is 59.0 Å². The van der Waals surface area contributed by atoms with E-state index in [0.29, 0.717) is 16.5 Å². The first-order valence-corrected chi connectivity index (χ1v) is 8.15. The van der Waals surface area contributed by atoms with E-state index in [1.54, 1.807) is 30.3 Å². The predicted octanol–water partition coefficient (Wildman–Crippen LogP) is 4.17. The summed E-state index contributed by atoms with van der Waals surface area (Å²) in [4.78, 5) is 23.3. The third kappa shape index (κ3) is 4.39. The number of rotatable bonds is 6. The van der Waals surface area contributed by atoms with Gasteiger partial charge in [-0.25, -0.2) is 4.79 Å². The second-order valence-electron chi connectivity index (χ2n) is 5.48. The zero-order valence-electron chi connectivity index (χ0n) is 13.8. The number of carboxylic acids is 1. The molecule has 0 spiro atoms. The Kier molecular flexibility index (Phi) is 5.33. The fourth-order valence-corrected chi connectivity index (χ4v) is 2.46. The van der Waals surface area contributed by atoms with E-state index >= 15 is 0 Å². The minimum Gasteiger partial charge on any atom is -0.507 e. The van der Waals surface area contributed by atoms with E-state index < -0.39 is 17.6 Å². The van der Waals surface area contributed by atoms with Gasteiger partial charge in [-0.2, -0.15) is 0 Å². The number of anilines is 1. The maximum Gasteiger partial charge on any atom is 0.339 e. The molecule has 0 aliphatic carbocycles. The molecule has 8 heteroatoms. The monoisotopic (exact) mass is 387 g/mol. The van der Waals surface area contributed by atoms with Crippen molar-refractivity contribution < 1.29 is 29.0 Å². The van der Waals surface area contributed by atoms with Crippen molar-refractivity contribution >= 4 is 29.2 Å². The number of amides is 1. The van der Waals surface area contributed by atoms with Crippen LogP contribution in [-0.4, -0.2) is 22.1 Å². The van der Waals surface area contributed by atoms with Gasteiger partial charge in [-0.3, -0.25) is 4.79 Å². The molecule has 0 atom stereocenters. The van der Waals surface area contributed by atoms with Crippen molar-refractivity contribution in [3.63, 3.8) is 0 Å². The summed E-state index contributed by atoms with van der Waals surface area (Å²) >= 11 is 6.00. The Morgan fingerprint density at radius 2 is 1.89 bits per heavy atom. The molecule has 0 radical (unpaired) electrons. The Morgan fingerprint density at radius 3 is 2.63 bits per heavy atom. The predicted molar refractivity (Wildman–Crippen MR) is 97.5 cm³/mol. The van der Waals surface area contributed by atoms with Crippen molar-refractivity contribution in [3.05, 3.63) is 76.7 Å². The number of hydrogen-bond donors (Lipinski definition) is 3. The highest BCUT2D eigenvalue weighted by molar-refractivity contribution is 6.32. The van der Waals surface area contributed by atoms with Crippen LogP contribution in [0, 0.1) is 0 Å². The van der Waals surface area contributed by atoms with E-state index in [2.05, 4.69) is 5.32 Å². The molecule has 3 N–H and O–H groups in total. The number of phenols is 1. The molecular weight excluding hydrogens is 374 g/mol. The number of nitrogens with one attached hydrogen (secondary N) is 1. The molecule has 0 unspecified atom stereocenters. The lowest BCUT2D eigenvalue weighted by Crippen LogP contribution is -2.11. The number of ether oxygens (including phenoxy) is 1. The van der Waals surface area contributed by atoms with Gasteiger partial charge in [-0.05, 0) is 42.5 Å². The van der Waals surface area contributed by atoms with Crippen LogP contribution < -0.4 is 10.1 Å². The van der Waals surface area contributed by atoms with Gasteiger partial charge in [0.2, 0.25) is 0 Å². The maximum atomic E-state index is 12.2. The summed E-state index contributed by atoms with van der Waals surface area (Å²) in [6.07, 6.45) is 0. The summed E-state index contributed by atoms with van der Waals surface area (Å²) in [5.74, 6) is -1.33. The molecule has 0 fully saturated rings. The number of carbonyl (C=O) groups is 2. The van der Waals surface area contributed by atoms with Crippen molar-refractivity contribution in [3.8, 4) is 11.5 Å². The summed E-state index contributed by atoms with van der Waals surface area (Å²) in [5.41, 5.74) is -0.110. The van der Waals surface area contributed by atoms with Crippen LogP contribution in [0.5, 0.6) is 11.5 Å². The Morgan fingerprint density at radius 1 is 1.11 bits per heavy atom. The average Bonchev–Trinajstić information content (AvgIpc) is 3.11. The summed E-state index contributed by atoms with van der Waals surface area (Å²) in [6, 6.07) is 13.7. The van der Waals surface area contributed by atoms with E-state index in [4.69, 9.17) is 25.9 Å². The number of aromatic carboxylic acids is 1. The number of carboxylic acid groups (broad SMARTS) is 1. The van der Waals surface area contributed by atoms with Gasteiger partial charge in [0.05, 0.1) is 5.02 Å². The van der Waals surface area contributed by atoms with Gasteiger partial charge < -0.3 is 24.7 Å². The van der Waals surface area contributed by atoms with Crippen LogP contribution in [0.2, 0.25) is 5.02 Å². The molecule has 1 aromatic heterocycles. The lowest BCUT2D eigenvalue weighted by Gasteiger charge is -2.06. The molecule has 3 aromatic rings. The maximum absolute atomic E-state index is 12.2. The molecule has 27 heavy (non-hydrogen) atoms. The van der Waals surface area contributed by atoms with Gasteiger partial charge in [0.1, 0.15) is 29.4 Å². The normalized spacial score (nSPS) is 10.4. The lowest BCUT2D eigenvalue weighted by molar-refractivity contribution is 0.0693. The molecule has 7 nitrogen and oxygen atoms in total. The Bertz CT molecular complexity index is 997. The highest BCUT2D eigenvalue weighted by Crippen LogP contribution is 2.25. The molecular formula is C19H14ClNO6. The smallest absolute Gasteiger partial charge is 0.339 e. The first kappa shape index (κ1) is 18.3. The summed E-state index contributed by atoms with van der Waals surface area (Å²) in [5, 5.41) is 21.5. The molecule has 3 rings (SSSR count). The van der Waals surface area contributed by atoms with Gasteiger partial charge in [0.25, 0.3) is 5.91 Å². The summed E-state index contributed by atoms with van der Waals surface area (Å²) in [7, 11) is 0. The zero-order valence-corrected chi connectivity index (χ0v) is 14.6. The SMILES string of the molecule is O=C(Nc1ccc(O)c(C(=O)O)c1)c1ccc(COc2ccccc2Cl)o1. The van der Waals surface area contributed by atoms with Crippen molar-refractivity contribution in [1.82, 2.24) is 0 Å². The van der Waals surface area contributed by atoms with Crippen LogP contribution in [0.1, 0.15) is 26.7 Å². The number of hydrogen-bond acceptors (Lipinski definition) is 5. The Balaban J connectivity index is 1.66. The number of para-hydroxylation sites is 1. The van der Waals surface area contributed by atoms with E-state index in [0.717, 1.165) is 6.07 Å². The second-order valence-corrected chi connectivity index (χ2v) is 5.88. The number of benzene rings is 2. The van der Waals surface area contributed by atoms with Crippen LogP contribution >= 0.6 is 11.6 Å². The number of halogens is 1. The molecule has 0 aliphatic heterocycles. The van der Waals surface area contributed by atoms with Gasteiger partial charge >= 0.3 is 5.97 Å². The van der Waals surface area contributed by atoms with E-state index in [1.165, 1.54) is 18.2 Å². The Labute approximate surface area is 158 Å². The fourth-order valence-electron chi connectivity index (χ4n) is 2.27. The topological polar surface area (TPSA) is 109 Å². The first-order valence-electron chi connectivity index (χ1n) is 7.78. The average molecular weight is 388 g/mol. The molecule has 0 bridgehead atoms. The molecule has 138 valence electrons. The van der Waals surface area contributed by atoms with Crippen LogP contribution in [0.4, 0.5) is 5.69 Å². The van der Waals surface area contributed by atoms with Crippen LogP contribution in [0.25, 0.3) is 0 Å². The number of aromatic hydroxyl groups is 1. The van der Waals surface area contributed by atoms with Gasteiger partial charge in [0.15, 0.2) is 5.76 Å². The van der Waals surface area contributed by atoms with Gasteiger partial charge in [-0.15, -0.1) is 0 Å². The first-order chi connectivity index (χ1) is 12.9. The van der Waals surface area contributed by atoms with Gasteiger partial charge in [0, 0.05) is 5.69 Å². The van der Waals surface area contributed by atoms with Gasteiger partial charge in [-0.1, -0.05) is 23.7 Å². The molecule has 0 saturated carbocycles. The molecule has 2 aromatic carbocycles. The number of furan rings is 1. The standard InChI is InChI=1S/C19H14ClNO6/c20-14-3-1-2-4-16(14)26-10-12-6-8-17(27-12)18(23)21-11-5-7-15(22)13(9-11)19(24)25/h1-9,22H,10H2,(H,21,23)(H,24,25). The second kappa shape index (κ2) is 7.84. The fraction of sp³-hybridized carbons (Fsp3) is 0.0526. The summed E-state index contributed by atoms with van der Waals surface area (Å²) < 4.78 is 11.0. The molecule has 1 heterocycles. The van der Waals surface area contributed by atoms with Crippen molar-refractivity contribution in [2.24, 2.45) is 0 Å². The molecule has 0 saturated heterocycles. The Hall–Kier alpha value is -3.45. The van der Waals surface area contributed by atoms with Crippen LogP contribution in [-0.2, 0) is 6.61 Å². The van der Waals surface area contributed by atoms with E-state index in [1.807, 2.05) is 0 Å². The highest BCUT2D eigenvalue weighted by atomic mass is 35.5. The molecule has 1 amide bonds. The van der Waals surface area contributed by atoms with Crippen molar-refractivity contribution in [2.75, 3.05) is 5.32 Å². The largest absolute Gasteiger partial charge is 0.507 e. The third-order valence-electron chi connectivity index (χ3n) is 3.58. The lowest BCUT2D eigenvalue weighted by atomic mass is 10.2. The summed E-state index contributed by atoms with van der Waals surface area (Å²) in [6.45, 7) is 0.0827. The van der Waals surface area contributed by atoms with Crippen molar-refractivity contribution in [1.29, 1.82) is 0 Å². The van der Waals surface area contributed by atoms with Crippen LogP contribution in [0.3, 0.4) is 0 Å². The van der Waals surface area contributed by atoms with E-state index in [9.17, 15) is 14.7 Å². The minimum atomic E-state index is -1.30. The highest BCUT2D eigenvalue weighted by Gasteiger charge is 2.15.